The van der Waals surface area contributed by atoms with E-state index >= 15 is 0 Å². The van der Waals surface area contributed by atoms with Crippen molar-refractivity contribution >= 4 is 17.2 Å². The number of rotatable bonds is 7. The molecule has 0 aliphatic carbocycles. The van der Waals surface area contributed by atoms with Crippen LogP contribution in [0, 0.1) is 0 Å². The fraction of sp³-hybridized carbons (Fsp3) is 0.667. The van der Waals surface area contributed by atoms with Crippen LogP contribution in [0.3, 0.4) is 0 Å². The molecule has 0 aliphatic rings. The molecule has 1 aromatic heterocycles. The molecular weight excluding hydrogens is 250 g/mol. The van der Waals surface area contributed by atoms with Crippen LogP contribution in [0.15, 0.2) is 5.38 Å². The number of ether oxygens (including phenoxy) is 1. The van der Waals surface area contributed by atoms with E-state index in [0.29, 0.717) is 25.4 Å². The summed E-state index contributed by atoms with van der Waals surface area (Å²) in [5, 5.41) is 2.71. The normalized spacial score (nSPS) is 10.9. The molecule has 0 radical (unpaired) electrons. The summed E-state index contributed by atoms with van der Waals surface area (Å²) in [5.41, 5.74) is 5.98. The maximum atomic E-state index is 12.3. The lowest BCUT2D eigenvalue weighted by molar-refractivity contribution is 0.0630. The highest BCUT2D eigenvalue weighted by Gasteiger charge is 2.20. The minimum Gasteiger partial charge on any atom is -0.383 e. The highest BCUT2D eigenvalue weighted by atomic mass is 32.1. The maximum Gasteiger partial charge on any atom is 0.273 e. The van der Waals surface area contributed by atoms with Crippen LogP contribution in [0.1, 0.15) is 29.3 Å². The van der Waals surface area contributed by atoms with Crippen molar-refractivity contribution in [1.82, 2.24) is 9.88 Å². The average Bonchev–Trinajstić information content (AvgIpc) is 2.78. The maximum absolute atomic E-state index is 12.3. The van der Waals surface area contributed by atoms with Crippen LogP contribution in [0.25, 0.3) is 0 Å². The predicted molar refractivity (Wildman–Crippen MR) is 72.9 cm³/mol. The highest BCUT2D eigenvalue weighted by molar-refractivity contribution is 7.09. The lowest BCUT2D eigenvalue weighted by atomic mass is 10.3. The Bertz CT molecular complexity index is 379. The summed E-state index contributed by atoms with van der Waals surface area (Å²) in [6, 6.07) is 0.132. The zero-order chi connectivity index (χ0) is 13.5. The molecule has 2 N–H and O–H groups in total. The van der Waals surface area contributed by atoms with Crippen molar-refractivity contribution < 1.29 is 9.53 Å². The van der Waals surface area contributed by atoms with Gasteiger partial charge in [-0.3, -0.25) is 4.79 Å². The molecule has 0 fully saturated rings. The number of nitrogens with two attached hydrogens (primary N) is 1. The molecule has 0 saturated heterocycles. The number of carbonyl (C=O) groups excluding carboxylic acids is 1. The van der Waals surface area contributed by atoms with Crippen LogP contribution >= 0.6 is 11.3 Å². The van der Waals surface area contributed by atoms with Crippen molar-refractivity contribution in [2.75, 3.05) is 26.8 Å². The van der Waals surface area contributed by atoms with Gasteiger partial charge < -0.3 is 15.4 Å². The van der Waals surface area contributed by atoms with Gasteiger partial charge >= 0.3 is 0 Å². The molecule has 6 heteroatoms. The Morgan fingerprint density at radius 1 is 1.61 bits per heavy atom. The SMILES string of the molecule is COCCN(C(=O)c1csc(CCN)n1)C(C)C. The van der Waals surface area contributed by atoms with Gasteiger partial charge in [0.25, 0.3) is 5.91 Å². The standard InChI is InChI=1S/C12H21N3O2S/c1-9(2)15(6-7-17-3)12(16)10-8-18-11(14-10)4-5-13/h8-9H,4-7,13H2,1-3H3. The summed E-state index contributed by atoms with van der Waals surface area (Å²) in [5.74, 6) is -0.0402. The number of hydrogen-bond acceptors (Lipinski definition) is 5. The molecule has 0 atom stereocenters. The predicted octanol–water partition coefficient (Wildman–Crippen LogP) is 1.14. The number of methoxy groups -OCH3 is 1. The van der Waals surface area contributed by atoms with Crippen LogP contribution in [-0.2, 0) is 11.2 Å². The molecule has 1 rings (SSSR count). The van der Waals surface area contributed by atoms with Gasteiger partial charge in [-0.05, 0) is 20.4 Å². The van der Waals surface area contributed by atoms with Gasteiger partial charge in [-0.2, -0.15) is 0 Å². The van der Waals surface area contributed by atoms with Crippen LogP contribution in [0.4, 0.5) is 0 Å². The first-order chi connectivity index (χ1) is 8.60. The van der Waals surface area contributed by atoms with Crippen molar-refractivity contribution in [3.63, 3.8) is 0 Å². The van der Waals surface area contributed by atoms with Crippen LogP contribution in [0.2, 0.25) is 0 Å². The van der Waals surface area contributed by atoms with Gasteiger partial charge in [0.1, 0.15) is 5.69 Å². The van der Waals surface area contributed by atoms with E-state index in [1.165, 1.54) is 11.3 Å². The minimum atomic E-state index is -0.0402. The lowest BCUT2D eigenvalue weighted by Crippen LogP contribution is -2.39. The van der Waals surface area contributed by atoms with Crippen molar-refractivity contribution in [1.29, 1.82) is 0 Å². The molecular formula is C12H21N3O2S. The number of carbonyl (C=O) groups is 1. The monoisotopic (exact) mass is 271 g/mol. The Morgan fingerprint density at radius 2 is 2.33 bits per heavy atom. The molecule has 102 valence electrons. The van der Waals surface area contributed by atoms with Crippen LogP contribution < -0.4 is 5.73 Å². The Labute approximate surface area is 112 Å². The molecule has 0 bridgehead atoms. The van der Waals surface area contributed by atoms with Crippen LogP contribution in [0.5, 0.6) is 0 Å². The van der Waals surface area contributed by atoms with E-state index in [1.807, 2.05) is 13.8 Å². The second-order valence-electron chi connectivity index (χ2n) is 4.25. The summed E-state index contributed by atoms with van der Waals surface area (Å²) >= 11 is 1.49. The minimum absolute atomic E-state index is 0.0402. The van der Waals surface area contributed by atoms with Gasteiger partial charge in [0.15, 0.2) is 0 Å². The van der Waals surface area contributed by atoms with Gasteiger partial charge in [0.2, 0.25) is 0 Å². The van der Waals surface area contributed by atoms with E-state index in [-0.39, 0.29) is 11.9 Å². The lowest BCUT2D eigenvalue weighted by Gasteiger charge is -2.25. The first-order valence-corrected chi connectivity index (χ1v) is 6.92. The van der Waals surface area contributed by atoms with Crippen LogP contribution in [-0.4, -0.2) is 48.6 Å². The summed E-state index contributed by atoms with van der Waals surface area (Å²) in [6.07, 6.45) is 0.720. The van der Waals surface area contributed by atoms with E-state index in [0.717, 1.165) is 11.4 Å². The third-order valence-corrected chi connectivity index (χ3v) is 3.46. The molecule has 5 nitrogen and oxygen atoms in total. The Balaban J connectivity index is 2.74. The molecule has 1 heterocycles. The number of thiazole rings is 1. The molecule has 1 amide bonds. The van der Waals surface area contributed by atoms with Gasteiger partial charge in [0.05, 0.1) is 11.6 Å². The molecule has 0 saturated carbocycles. The fourth-order valence-corrected chi connectivity index (χ4v) is 2.37. The number of hydrogen-bond donors (Lipinski definition) is 1. The highest BCUT2D eigenvalue weighted by Crippen LogP contribution is 2.13. The molecule has 0 unspecified atom stereocenters. The smallest absolute Gasteiger partial charge is 0.273 e. The molecule has 0 aliphatic heterocycles. The van der Waals surface area contributed by atoms with Crippen molar-refractivity contribution in [3.05, 3.63) is 16.1 Å². The first-order valence-electron chi connectivity index (χ1n) is 6.04. The topological polar surface area (TPSA) is 68.5 Å². The van der Waals surface area contributed by atoms with Gasteiger partial charge in [0, 0.05) is 31.5 Å². The molecule has 18 heavy (non-hydrogen) atoms. The third-order valence-electron chi connectivity index (χ3n) is 2.55. The van der Waals surface area contributed by atoms with Gasteiger partial charge in [-0.1, -0.05) is 0 Å². The summed E-state index contributed by atoms with van der Waals surface area (Å²) in [6.45, 7) is 5.64. The van der Waals surface area contributed by atoms with Crippen molar-refractivity contribution in [2.45, 2.75) is 26.3 Å². The van der Waals surface area contributed by atoms with E-state index in [9.17, 15) is 4.79 Å². The summed E-state index contributed by atoms with van der Waals surface area (Å²) in [4.78, 5) is 18.4. The van der Waals surface area contributed by atoms with Crippen molar-refractivity contribution in [3.8, 4) is 0 Å². The van der Waals surface area contributed by atoms with Gasteiger partial charge in [-0.25, -0.2) is 4.98 Å². The Hall–Kier alpha value is -0.980. The zero-order valence-corrected chi connectivity index (χ0v) is 12.0. The van der Waals surface area contributed by atoms with Crippen molar-refractivity contribution in [2.24, 2.45) is 5.73 Å². The van der Waals surface area contributed by atoms with E-state index in [4.69, 9.17) is 10.5 Å². The Morgan fingerprint density at radius 3 is 2.89 bits per heavy atom. The summed E-state index contributed by atoms with van der Waals surface area (Å²) < 4.78 is 5.02. The second-order valence-corrected chi connectivity index (χ2v) is 5.19. The molecule has 1 aromatic rings. The fourth-order valence-electron chi connectivity index (χ4n) is 1.58. The second kappa shape index (κ2) is 7.45. The average molecular weight is 271 g/mol. The summed E-state index contributed by atoms with van der Waals surface area (Å²) in [7, 11) is 1.63. The number of amides is 1. The molecule has 0 spiro atoms. The number of nitrogens with zero attached hydrogens (tertiary/aromatic N) is 2. The van der Waals surface area contributed by atoms with E-state index in [1.54, 1.807) is 17.4 Å². The quantitative estimate of drug-likeness (QED) is 0.807. The van der Waals surface area contributed by atoms with E-state index in [2.05, 4.69) is 4.98 Å². The Kier molecular flexibility index (Phi) is 6.24. The zero-order valence-electron chi connectivity index (χ0n) is 11.2. The first kappa shape index (κ1) is 15.1. The third kappa shape index (κ3) is 4.04. The molecule has 0 aromatic carbocycles. The van der Waals surface area contributed by atoms with Gasteiger partial charge in [-0.15, -0.1) is 11.3 Å². The van der Waals surface area contributed by atoms with E-state index < -0.39 is 0 Å². The largest absolute Gasteiger partial charge is 0.383 e. The number of aromatic nitrogens is 1.